The summed E-state index contributed by atoms with van der Waals surface area (Å²) < 4.78 is 39.9. The molecule has 1 aromatic heterocycles. The van der Waals surface area contributed by atoms with E-state index in [2.05, 4.69) is 10.3 Å². The molecule has 2 aromatic carbocycles. The van der Waals surface area contributed by atoms with Crippen molar-refractivity contribution in [1.82, 2.24) is 20.1 Å². The van der Waals surface area contributed by atoms with Gasteiger partial charge in [0.2, 0.25) is 17.7 Å². The number of halogens is 2. The van der Waals surface area contributed by atoms with Crippen LogP contribution in [0.4, 0.5) is 14.5 Å². The summed E-state index contributed by atoms with van der Waals surface area (Å²) in [4.78, 5) is 78.9. The SMILES string of the molecule is CC(=O)N1CC[C@H]2CC[C@@H](C(=O)N(C)c3cccc(C#N)c3)N2C(=O)[C@@H](NC(=O)c2cc3cc(C(F)(F)P(=O)(O)O)ccc3[nH]2)C1. The van der Waals surface area contributed by atoms with Crippen LogP contribution in [0.3, 0.4) is 0 Å². The van der Waals surface area contributed by atoms with Crippen molar-refractivity contribution in [2.45, 2.75) is 50.0 Å². The van der Waals surface area contributed by atoms with Crippen LogP contribution in [0.1, 0.15) is 47.8 Å². The van der Waals surface area contributed by atoms with Crippen molar-refractivity contribution in [3.8, 4) is 6.07 Å². The highest BCUT2D eigenvalue weighted by Gasteiger charge is 2.50. The summed E-state index contributed by atoms with van der Waals surface area (Å²) in [7, 11) is -4.27. The number of H-pyrrole nitrogens is 1. The molecule has 2 fully saturated rings. The first-order chi connectivity index (χ1) is 21.6. The number of fused-ring (bicyclic) bond motifs is 2. The molecule has 0 bridgehead atoms. The van der Waals surface area contributed by atoms with Gasteiger partial charge in [-0.15, -0.1) is 0 Å². The van der Waals surface area contributed by atoms with E-state index in [0.29, 0.717) is 30.5 Å². The summed E-state index contributed by atoms with van der Waals surface area (Å²) in [6.07, 6.45) is 1.26. The molecule has 0 spiro atoms. The average molecular weight is 657 g/mol. The molecule has 46 heavy (non-hydrogen) atoms. The smallest absolute Gasteiger partial charge is 0.351 e. The number of hydrogen-bond donors (Lipinski definition) is 4. The molecule has 16 heteroatoms. The number of hydrogen-bond acceptors (Lipinski definition) is 6. The molecule has 0 radical (unpaired) electrons. The second-order valence-electron chi connectivity index (χ2n) is 11.4. The average Bonchev–Trinajstić information content (AvgIpc) is 3.64. The van der Waals surface area contributed by atoms with Gasteiger partial charge < -0.3 is 34.8 Å². The number of aromatic nitrogens is 1. The van der Waals surface area contributed by atoms with E-state index in [4.69, 9.17) is 9.79 Å². The Morgan fingerprint density at radius 1 is 1.13 bits per heavy atom. The van der Waals surface area contributed by atoms with Gasteiger partial charge in [-0.25, -0.2) is 0 Å². The minimum absolute atomic E-state index is 0.0684. The summed E-state index contributed by atoms with van der Waals surface area (Å²) in [5.41, 5.74) is -4.46. The van der Waals surface area contributed by atoms with Crippen molar-refractivity contribution in [3.63, 3.8) is 0 Å². The molecule has 3 atom stereocenters. The Morgan fingerprint density at radius 3 is 2.54 bits per heavy atom. The molecule has 0 unspecified atom stereocenters. The van der Waals surface area contributed by atoms with Crippen LogP contribution in [0.2, 0.25) is 0 Å². The zero-order chi connectivity index (χ0) is 33.6. The molecule has 0 saturated carbocycles. The molecular formula is C30H31F2N6O7P. The number of nitrogens with one attached hydrogen (secondary N) is 2. The monoisotopic (exact) mass is 656 g/mol. The summed E-state index contributed by atoms with van der Waals surface area (Å²) >= 11 is 0. The van der Waals surface area contributed by atoms with Gasteiger partial charge in [0.05, 0.1) is 11.6 Å². The van der Waals surface area contributed by atoms with Crippen molar-refractivity contribution in [2.75, 3.05) is 25.0 Å². The minimum Gasteiger partial charge on any atom is -0.351 e. The van der Waals surface area contributed by atoms with Gasteiger partial charge in [0.25, 0.3) is 5.91 Å². The molecule has 242 valence electrons. The van der Waals surface area contributed by atoms with Gasteiger partial charge in [0, 0.05) is 55.3 Å². The number of anilines is 1. The summed E-state index contributed by atoms with van der Waals surface area (Å²) in [5, 5.41) is 12.0. The fraction of sp³-hybridized carbons (Fsp3) is 0.367. The third-order valence-corrected chi connectivity index (χ3v) is 9.49. The maximum Gasteiger partial charge on any atom is 0.399 e. The highest BCUT2D eigenvalue weighted by Crippen LogP contribution is 2.59. The van der Waals surface area contributed by atoms with E-state index in [1.54, 1.807) is 31.3 Å². The number of nitrogens with zero attached hydrogens (tertiary/aromatic N) is 4. The van der Waals surface area contributed by atoms with Crippen LogP contribution in [0.15, 0.2) is 48.5 Å². The maximum absolute atomic E-state index is 14.3. The number of amides is 4. The Morgan fingerprint density at radius 2 is 1.87 bits per heavy atom. The first kappa shape index (κ1) is 32.7. The van der Waals surface area contributed by atoms with Crippen LogP contribution in [0.5, 0.6) is 0 Å². The number of alkyl halides is 2. The third kappa shape index (κ3) is 6.11. The summed E-state index contributed by atoms with van der Waals surface area (Å²) in [5.74, 6) is -2.06. The molecule has 2 saturated heterocycles. The van der Waals surface area contributed by atoms with Gasteiger partial charge in [-0.3, -0.25) is 23.7 Å². The zero-order valence-electron chi connectivity index (χ0n) is 24.8. The predicted octanol–water partition coefficient (Wildman–Crippen LogP) is 2.64. The van der Waals surface area contributed by atoms with Gasteiger partial charge in [0.1, 0.15) is 17.8 Å². The van der Waals surface area contributed by atoms with Crippen LogP contribution in [-0.4, -0.2) is 86.5 Å². The molecule has 3 aromatic rings. The quantitative estimate of drug-likeness (QED) is 0.292. The van der Waals surface area contributed by atoms with Crippen molar-refractivity contribution >= 4 is 47.8 Å². The molecule has 2 aliphatic heterocycles. The van der Waals surface area contributed by atoms with Gasteiger partial charge in [0.15, 0.2) is 0 Å². The van der Waals surface area contributed by atoms with E-state index < -0.39 is 42.7 Å². The van der Waals surface area contributed by atoms with Crippen LogP contribution in [0.25, 0.3) is 10.9 Å². The number of aromatic amines is 1. The Kier molecular flexibility index (Phi) is 8.74. The number of carbonyl (C=O) groups excluding carboxylic acids is 4. The number of likely N-dealkylation sites (N-methyl/N-ethyl adjacent to an activating group) is 1. The lowest BCUT2D eigenvalue weighted by molar-refractivity contribution is -0.144. The molecule has 4 amide bonds. The van der Waals surface area contributed by atoms with Crippen LogP contribution in [-0.2, 0) is 24.6 Å². The van der Waals surface area contributed by atoms with Gasteiger partial charge in [-0.1, -0.05) is 12.1 Å². The van der Waals surface area contributed by atoms with Crippen LogP contribution < -0.4 is 10.2 Å². The first-order valence-corrected chi connectivity index (χ1v) is 16.0. The number of benzene rings is 2. The number of nitriles is 1. The standard InChI is InChI=1S/C30H31F2N6O7P/c1-17(39)37-11-10-21-7-9-26(29(42)36(2)22-5-3-4-18(12-22)15-33)38(21)28(41)25(16-37)35-27(40)24-14-19-13-20(6-8-23(19)34-24)30(31,32)46(43,44)45/h3-6,8,12-14,21,25-26,34H,7,9-11,16H2,1-2H3,(H,35,40)(H2,43,44,45)/t21-,25+,26+/m1/s1. The van der Waals surface area contributed by atoms with Crippen LogP contribution in [0, 0.1) is 11.3 Å². The topological polar surface area (TPSA) is 187 Å². The lowest BCUT2D eigenvalue weighted by Gasteiger charge is -2.39. The normalized spacial score (nSPS) is 20.5. The Labute approximate surface area is 261 Å². The zero-order valence-corrected chi connectivity index (χ0v) is 25.7. The lowest BCUT2D eigenvalue weighted by atomic mass is 10.1. The molecule has 5 rings (SSSR count). The molecule has 2 aliphatic rings. The maximum atomic E-state index is 14.3. The Bertz CT molecular complexity index is 1820. The van der Waals surface area contributed by atoms with Crippen molar-refractivity contribution < 1.29 is 42.3 Å². The Hall–Kier alpha value is -4.64. The van der Waals surface area contributed by atoms with Crippen molar-refractivity contribution in [1.29, 1.82) is 5.26 Å². The molecular weight excluding hydrogens is 625 g/mol. The number of carbonyl (C=O) groups is 4. The predicted molar refractivity (Wildman–Crippen MR) is 161 cm³/mol. The first-order valence-electron chi connectivity index (χ1n) is 14.4. The molecule has 4 N–H and O–H groups in total. The second kappa shape index (κ2) is 12.3. The van der Waals surface area contributed by atoms with E-state index in [0.717, 1.165) is 18.2 Å². The molecule has 3 heterocycles. The number of rotatable bonds is 6. The fourth-order valence-corrected chi connectivity index (χ4v) is 6.47. The van der Waals surface area contributed by atoms with E-state index in [1.807, 2.05) is 6.07 Å². The Balaban J connectivity index is 1.42. The highest BCUT2D eigenvalue weighted by atomic mass is 31.2. The third-order valence-electron chi connectivity index (χ3n) is 8.50. The second-order valence-corrected chi connectivity index (χ2v) is 13.1. The molecule has 13 nitrogen and oxygen atoms in total. The lowest BCUT2D eigenvalue weighted by Crippen LogP contribution is -2.61. The largest absolute Gasteiger partial charge is 0.399 e. The fourth-order valence-electron chi connectivity index (χ4n) is 5.99. The van der Waals surface area contributed by atoms with E-state index >= 15 is 0 Å². The van der Waals surface area contributed by atoms with E-state index in [1.165, 1.54) is 27.7 Å². The molecule has 0 aliphatic carbocycles. The summed E-state index contributed by atoms with van der Waals surface area (Å²) in [6, 6.07) is 10.0. The highest BCUT2D eigenvalue weighted by molar-refractivity contribution is 7.52. The van der Waals surface area contributed by atoms with Gasteiger partial charge in [-0.2, -0.15) is 14.0 Å². The van der Waals surface area contributed by atoms with Gasteiger partial charge in [-0.05, 0) is 55.7 Å². The van der Waals surface area contributed by atoms with E-state index in [-0.39, 0.29) is 47.5 Å². The van der Waals surface area contributed by atoms with Crippen molar-refractivity contribution in [2.24, 2.45) is 0 Å². The van der Waals surface area contributed by atoms with Gasteiger partial charge >= 0.3 is 13.3 Å². The summed E-state index contributed by atoms with van der Waals surface area (Å²) in [6.45, 7) is 1.44. The minimum atomic E-state index is -5.82. The van der Waals surface area contributed by atoms with E-state index in [9.17, 15) is 37.8 Å². The van der Waals surface area contributed by atoms with Crippen molar-refractivity contribution in [3.05, 3.63) is 65.4 Å². The van der Waals surface area contributed by atoms with Crippen LogP contribution >= 0.6 is 7.60 Å².